The summed E-state index contributed by atoms with van der Waals surface area (Å²) < 4.78 is 39.7. The molecule has 1 aromatic heterocycles. The monoisotopic (exact) mass is 295 g/mol. The molecule has 1 rings (SSSR count). The maximum atomic E-state index is 11.8. The Labute approximate surface area is 113 Å². The largest absolute Gasteiger partial charge is 0.411 e. The van der Waals surface area contributed by atoms with Gasteiger partial charge in [0.05, 0.1) is 11.5 Å². The van der Waals surface area contributed by atoms with Gasteiger partial charge in [-0.05, 0) is 25.0 Å². The van der Waals surface area contributed by atoms with Crippen LogP contribution >= 0.6 is 11.3 Å². The zero-order valence-electron chi connectivity index (χ0n) is 10.8. The lowest BCUT2D eigenvalue weighted by atomic mass is 10.2. The molecule has 0 fully saturated rings. The van der Waals surface area contributed by atoms with E-state index in [1.165, 1.54) is 11.3 Å². The lowest BCUT2D eigenvalue weighted by Gasteiger charge is -2.07. The minimum Gasteiger partial charge on any atom is -0.370 e. The Kier molecular flexibility index (Phi) is 5.81. The summed E-state index contributed by atoms with van der Waals surface area (Å²) in [5.74, 6) is -0.275. The van der Waals surface area contributed by atoms with Crippen LogP contribution in [0, 0.1) is 6.92 Å². The van der Waals surface area contributed by atoms with E-state index in [4.69, 9.17) is 0 Å². The normalized spacial score (nSPS) is 11.6. The van der Waals surface area contributed by atoms with Crippen LogP contribution in [0.2, 0.25) is 0 Å². The summed E-state index contributed by atoms with van der Waals surface area (Å²) in [5, 5.41) is 2.53. The molecule has 0 aliphatic carbocycles. The maximum absolute atomic E-state index is 11.8. The number of nitrogens with one attached hydrogen (secondary N) is 1. The molecule has 0 saturated carbocycles. The lowest BCUT2D eigenvalue weighted by Crippen LogP contribution is -2.28. The van der Waals surface area contributed by atoms with Crippen molar-refractivity contribution in [1.29, 1.82) is 0 Å². The van der Waals surface area contributed by atoms with Crippen LogP contribution in [0.25, 0.3) is 0 Å². The number of halogens is 3. The number of rotatable bonds is 6. The second-order valence-electron chi connectivity index (χ2n) is 3.97. The molecule has 0 spiro atoms. The van der Waals surface area contributed by atoms with Gasteiger partial charge in [-0.3, -0.25) is 4.79 Å². The molecule has 108 valence electrons. The Morgan fingerprint density at radius 1 is 1.47 bits per heavy atom. The topological polar surface area (TPSA) is 38.3 Å². The Balaban J connectivity index is 2.31. The quantitative estimate of drug-likeness (QED) is 0.820. The summed E-state index contributed by atoms with van der Waals surface area (Å²) in [6.45, 7) is 2.55. The molecule has 1 heterocycles. The van der Waals surface area contributed by atoms with Crippen molar-refractivity contribution in [2.24, 2.45) is 0 Å². The van der Waals surface area contributed by atoms with Gasteiger partial charge in [0, 0.05) is 11.4 Å². The number of hydrogen-bond donors (Lipinski definition) is 1. The third kappa shape index (κ3) is 5.61. The van der Waals surface area contributed by atoms with Crippen LogP contribution in [0.4, 0.5) is 13.2 Å². The van der Waals surface area contributed by atoms with Crippen LogP contribution in [0.1, 0.15) is 27.0 Å². The predicted octanol–water partition coefficient (Wildman–Crippen LogP) is 2.93. The van der Waals surface area contributed by atoms with Crippen LogP contribution < -0.4 is 5.32 Å². The highest BCUT2D eigenvalue weighted by molar-refractivity contribution is 7.14. The summed E-state index contributed by atoms with van der Waals surface area (Å²) in [6, 6.07) is 1.81. The van der Waals surface area contributed by atoms with Gasteiger partial charge in [0.1, 0.15) is 6.61 Å². The van der Waals surface area contributed by atoms with E-state index in [0.717, 1.165) is 16.9 Å². The third-order valence-corrected chi connectivity index (χ3v) is 3.51. The fourth-order valence-electron chi connectivity index (χ4n) is 1.49. The molecule has 0 aliphatic heterocycles. The molecular weight excluding hydrogens is 279 g/mol. The van der Waals surface area contributed by atoms with Gasteiger partial charge < -0.3 is 10.1 Å². The fourth-order valence-corrected chi connectivity index (χ4v) is 2.52. The fraction of sp³-hybridized carbons (Fsp3) is 0.583. The van der Waals surface area contributed by atoms with Gasteiger partial charge in [0.2, 0.25) is 0 Å². The number of thiophene rings is 1. The van der Waals surface area contributed by atoms with E-state index in [2.05, 4.69) is 10.1 Å². The number of alkyl halides is 3. The number of amides is 1. The van der Waals surface area contributed by atoms with Crippen LogP contribution in [-0.4, -0.2) is 31.8 Å². The Hall–Kier alpha value is -1.08. The molecule has 0 bridgehead atoms. The Morgan fingerprint density at radius 3 is 2.68 bits per heavy atom. The maximum Gasteiger partial charge on any atom is 0.411 e. The smallest absolute Gasteiger partial charge is 0.370 e. The molecular formula is C12H16F3NO2S. The molecule has 1 N–H and O–H groups in total. The number of hydrogen-bond acceptors (Lipinski definition) is 3. The summed E-state index contributed by atoms with van der Waals surface area (Å²) in [6.07, 6.45) is -3.48. The molecule has 0 radical (unpaired) electrons. The molecule has 3 nitrogen and oxygen atoms in total. The van der Waals surface area contributed by atoms with E-state index in [9.17, 15) is 18.0 Å². The van der Waals surface area contributed by atoms with Gasteiger partial charge in [0.15, 0.2) is 0 Å². The van der Waals surface area contributed by atoms with E-state index in [0.29, 0.717) is 4.88 Å². The lowest BCUT2D eigenvalue weighted by molar-refractivity contribution is -0.173. The molecule has 7 heteroatoms. The second-order valence-corrected chi connectivity index (χ2v) is 5.23. The standard InChI is InChI=1S/C12H16F3NO2S/c1-3-9-6-10(19-8(9)2)11(17)16-4-5-18-7-12(13,14)15/h6H,3-5,7H2,1-2H3,(H,16,17). The third-order valence-electron chi connectivity index (χ3n) is 2.42. The SMILES string of the molecule is CCc1cc(C(=O)NCCOCC(F)(F)F)sc1C. The Morgan fingerprint density at radius 2 is 2.16 bits per heavy atom. The molecule has 1 aromatic rings. The second kappa shape index (κ2) is 6.91. The van der Waals surface area contributed by atoms with Crippen molar-refractivity contribution >= 4 is 17.2 Å². The zero-order chi connectivity index (χ0) is 14.5. The van der Waals surface area contributed by atoms with E-state index in [-0.39, 0.29) is 19.1 Å². The minimum absolute atomic E-state index is 0.0628. The van der Waals surface area contributed by atoms with E-state index >= 15 is 0 Å². The van der Waals surface area contributed by atoms with Crippen molar-refractivity contribution in [3.8, 4) is 0 Å². The van der Waals surface area contributed by atoms with Crippen molar-refractivity contribution in [2.45, 2.75) is 26.4 Å². The predicted molar refractivity (Wildman–Crippen MR) is 67.6 cm³/mol. The Bertz CT molecular complexity index is 429. The van der Waals surface area contributed by atoms with Crippen LogP contribution in [0.15, 0.2) is 6.07 Å². The van der Waals surface area contributed by atoms with Gasteiger partial charge in [0.25, 0.3) is 5.91 Å². The van der Waals surface area contributed by atoms with E-state index < -0.39 is 12.8 Å². The summed E-state index contributed by atoms with van der Waals surface area (Å²) in [5.41, 5.74) is 1.11. The average molecular weight is 295 g/mol. The van der Waals surface area contributed by atoms with Crippen molar-refractivity contribution in [3.05, 3.63) is 21.4 Å². The highest BCUT2D eigenvalue weighted by atomic mass is 32.1. The first-order valence-corrected chi connectivity index (χ1v) is 6.67. The van der Waals surface area contributed by atoms with E-state index in [1.807, 2.05) is 19.9 Å². The number of ether oxygens (including phenoxy) is 1. The van der Waals surface area contributed by atoms with Crippen LogP contribution in [0.5, 0.6) is 0 Å². The highest BCUT2D eigenvalue weighted by Gasteiger charge is 2.27. The van der Waals surface area contributed by atoms with Gasteiger partial charge in [-0.15, -0.1) is 11.3 Å². The van der Waals surface area contributed by atoms with Gasteiger partial charge >= 0.3 is 6.18 Å². The molecule has 0 atom stereocenters. The van der Waals surface area contributed by atoms with Crippen molar-refractivity contribution in [2.75, 3.05) is 19.8 Å². The molecule has 0 unspecified atom stereocenters. The van der Waals surface area contributed by atoms with E-state index in [1.54, 1.807) is 0 Å². The zero-order valence-corrected chi connectivity index (χ0v) is 11.6. The molecule has 19 heavy (non-hydrogen) atoms. The van der Waals surface area contributed by atoms with Crippen LogP contribution in [0.3, 0.4) is 0 Å². The number of carbonyl (C=O) groups excluding carboxylic acids is 1. The summed E-state index contributed by atoms with van der Waals surface area (Å²) >= 11 is 1.38. The average Bonchev–Trinajstić information content (AvgIpc) is 2.68. The summed E-state index contributed by atoms with van der Waals surface area (Å²) in [7, 11) is 0. The number of aryl methyl sites for hydroxylation is 2. The first-order chi connectivity index (χ1) is 8.83. The molecule has 0 aliphatic rings. The first-order valence-electron chi connectivity index (χ1n) is 5.85. The van der Waals surface area contributed by atoms with Crippen molar-refractivity contribution in [1.82, 2.24) is 5.32 Å². The van der Waals surface area contributed by atoms with Gasteiger partial charge in [-0.2, -0.15) is 13.2 Å². The molecule has 0 aromatic carbocycles. The number of carbonyl (C=O) groups is 1. The van der Waals surface area contributed by atoms with Gasteiger partial charge in [-0.1, -0.05) is 6.92 Å². The molecule has 0 saturated heterocycles. The molecule has 1 amide bonds. The van der Waals surface area contributed by atoms with Crippen molar-refractivity contribution in [3.63, 3.8) is 0 Å². The van der Waals surface area contributed by atoms with Gasteiger partial charge in [-0.25, -0.2) is 0 Å². The highest BCUT2D eigenvalue weighted by Crippen LogP contribution is 2.21. The van der Waals surface area contributed by atoms with Crippen LogP contribution in [-0.2, 0) is 11.2 Å². The summed E-state index contributed by atoms with van der Waals surface area (Å²) in [4.78, 5) is 13.4. The minimum atomic E-state index is -4.33. The first kappa shape index (κ1) is 16.0. The van der Waals surface area contributed by atoms with Crippen molar-refractivity contribution < 1.29 is 22.7 Å².